The number of rotatable bonds is 2. The number of aromatic nitrogens is 2. The number of aromatic amines is 1. The maximum Gasteiger partial charge on any atom is 0.251 e. The summed E-state index contributed by atoms with van der Waals surface area (Å²) in [5.41, 5.74) is 2.77. The maximum absolute atomic E-state index is 11.7. The van der Waals surface area contributed by atoms with Crippen molar-refractivity contribution >= 4 is 0 Å². The van der Waals surface area contributed by atoms with Crippen LogP contribution in [0.1, 0.15) is 31.2 Å². The van der Waals surface area contributed by atoms with Crippen LogP contribution in [0.15, 0.2) is 29.1 Å². The van der Waals surface area contributed by atoms with E-state index in [4.69, 9.17) is 4.74 Å². The van der Waals surface area contributed by atoms with Gasteiger partial charge in [-0.15, -0.1) is 0 Å². The van der Waals surface area contributed by atoms with Gasteiger partial charge in [0, 0.05) is 24.0 Å². The zero-order chi connectivity index (χ0) is 13.4. The highest BCUT2D eigenvalue weighted by Crippen LogP contribution is 2.29. The first-order valence-electron chi connectivity index (χ1n) is 6.51. The Kier molecular flexibility index (Phi) is 2.85. The Morgan fingerprint density at radius 3 is 2.95 bits per heavy atom. The Balaban J connectivity index is 2.09. The van der Waals surface area contributed by atoms with E-state index in [0.29, 0.717) is 0 Å². The van der Waals surface area contributed by atoms with Gasteiger partial charge in [-0.1, -0.05) is 13.8 Å². The van der Waals surface area contributed by atoms with Crippen molar-refractivity contribution in [2.75, 3.05) is 6.61 Å². The smallest absolute Gasteiger partial charge is 0.251 e. The van der Waals surface area contributed by atoms with Gasteiger partial charge in [0.1, 0.15) is 11.6 Å². The third kappa shape index (κ3) is 2.26. The summed E-state index contributed by atoms with van der Waals surface area (Å²) in [6.07, 6.45) is 0.920. The highest BCUT2D eigenvalue weighted by molar-refractivity contribution is 5.62. The van der Waals surface area contributed by atoms with Gasteiger partial charge in [0.15, 0.2) is 0 Å². The molecule has 0 fully saturated rings. The topological polar surface area (TPSA) is 55.0 Å². The molecule has 4 heteroatoms. The van der Waals surface area contributed by atoms with E-state index in [-0.39, 0.29) is 11.5 Å². The molecular formula is C15H16N2O2. The number of nitrogens with zero attached hydrogens (tertiary/aromatic N) is 1. The standard InChI is InChI=1S/C15H16N2O2/c1-9(2)15-16-12(8-14(18)17-15)10-3-4-13-11(7-10)5-6-19-13/h3-4,7-9H,5-6H2,1-2H3,(H,16,17,18). The van der Waals surface area contributed by atoms with Gasteiger partial charge in [0.05, 0.1) is 12.3 Å². The summed E-state index contributed by atoms with van der Waals surface area (Å²) in [5.74, 6) is 1.86. The first-order chi connectivity index (χ1) is 9.13. The molecule has 2 aromatic rings. The molecule has 1 aromatic carbocycles. The third-order valence-corrected chi connectivity index (χ3v) is 3.29. The van der Waals surface area contributed by atoms with E-state index in [0.717, 1.165) is 35.9 Å². The molecule has 0 bridgehead atoms. The maximum atomic E-state index is 11.7. The molecular weight excluding hydrogens is 240 g/mol. The van der Waals surface area contributed by atoms with Crippen LogP contribution in [0.4, 0.5) is 0 Å². The quantitative estimate of drug-likeness (QED) is 0.898. The SMILES string of the molecule is CC(C)c1nc(-c2ccc3c(c2)CCO3)cc(=O)[nH]1. The molecule has 4 nitrogen and oxygen atoms in total. The minimum atomic E-state index is -0.106. The second-order valence-electron chi connectivity index (χ2n) is 5.09. The Bertz CT molecular complexity index is 674. The van der Waals surface area contributed by atoms with Crippen LogP contribution in [-0.2, 0) is 6.42 Å². The lowest BCUT2D eigenvalue weighted by molar-refractivity contribution is 0.357. The van der Waals surface area contributed by atoms with E-state index >= 15 is 0 Å². The van der Waals surface area contributed by atoms with Crippen molar-refractivity contribution in [3.05, 3.63) is 46.0 Å². The molecule has 1 aliphatic heterocycles. The number of hydrogen-bond donors (Lipinski definition) is 1. The van der Waals surface area contributed by atoms with Crippen LogP contribution in [-0.4, -0.2) is 16.6 Å². The van der Waals surface area contributed by atoms with Crippen molar-refractivity contribution < 1.29 is 4.74 Å². The molecule has 98 valence electrons. The number of nitrogens with one attached hydrogen (secondary N) is 1. The highest BCUT2D eigenvalue weighted by Gasteiger charge is 2.14. The molecule has 0 radical (unpaired) electrons. The van der Waals surface area contributed by atoms with Gasteiger partial charge < -0.3 is 9.72 Å². The number of H-pyrrole nitrogens is 1. The monoisotopic (exact) mass is 256 g/mol. The highest BCUT2D eigenvalue weighted by atomic mass is 16.5. The van der Waals surface area contributed by atoms with Crippen LogP contribution in [0.2, 0.25) is 0 Å². The fourth-order valence-corrected chi connectivity index (χ4v) is 2.24. The van der Waals surface area contributed by atoms with Gasteiger partial charge in [0.25, 0.3) is 5.56 Å². The Morgan fingerprint density at radius 1 is 1.32 bits per heavy atom. The minimum absolute atomic E-state index is 0.106. The third-order valence-electron chi connectivity index (χ3n) is 3.29. The van der Waals surface area contributed by atoms with Gasteiger partial charge in [0.2, 0.25) is 0 Å². The average Bonchev–Trinajstić information content (AvgIpc) is 2.85. The van der Waals surface area contributed by atoms with E-state index in [1.54, 1.807) is 6.07 Å². The summed E-state index contributed by atoms with van der Waals surface area (Å²) >= 11 is 0. The van der Waals surface area contributed by atoms with Crippen molar-refractivity contribution in [1.29, 1.82) is 0 Å². The zero-order valence-corrected chi connectivity index (χ0v) is 11.1. The number of benzene rings is 1. The van der Waals surface area contributed by atoms with E-state index in [9.17, 15) is 4.79 Å². The molecule has 0 spiro atoms. The molecule has 2 heterocycles. The van der Waals surface area contributed by atoms with Gasteiger partial charge in [-0.3, -0.25) is 4.79 Å². The summed E-state index contributed by atoms with van der Waals surface area (Å²) in [6, 6.07) is 7.52. The second kappa shape index (κ2) is 4.53. The molecule has 19 heavy (non-hydrogen) atoms. The Hall–Kier alpha value is -2.10. The largest absolute Gasteiger partial charge is 0.493 e. The molecule has 0 atom stereocenters. The molecule has 1 N–H and O–H groups in total. The molecule has 0 saturated heterocycles. The first-order valence-corrected chi connectivity index (χ1v) is 6.51. The fourth-order valence-electron chi connectivity index (χ4n) is 2.24. The lowest BCUT2D eigenvalue weighted by atomic mass is 10.1. The first kappa shape index (κ1) is 12.0. The molecule has 0 amide bonds. The van der Waals surface area contributed by atoms with E-state index in [1.807, 2.05) is 26.0 Å². The molecule has 0 saturated carbocycles. The number of ether oxygens (including phenoxy) is 1. The van der Waals surface area contributed by atoms with Crippen molar-refractivity contribution in [1.82, 2.24) is 9.97 Å². The number of fused-ring (bicyclic) bond motifs is 1. The average molecular weight is 256 g/mol. The van der Waals surface area contributed by atoms with Crippen molar-refractivity contribution in [3.63, 3.8) is 0 Å². The molecule has 1 aliphatic rings. The molecule has 0 unspecified atom stereocenters. The van der Waals surface area contributed by atoms with Gasteiger partial charge in [-0.2, -0.15) is 0 Å². The zero-order valence-electron chi connectivity index (χ0n) is 11.1. The predicted molar refractivity (Wildman–Crippen MR) is 73.6 cm³/mol. The normalized spacial score (nSPS) is 13.4. The molecule has 1 aromatic heterocycles. The lowest BCUT2D eigenvalue weighted by Gasteiger charge is -2.08. The lowest BCUT2D eigenvalue weighted by Crippen LogP contribution is -2.12. The summed E-state index contributed by atoms with van der Waals surface area (Å²) in [5, 5.41) is 0. The fraction of sp³-hybridized carbons (Fsp3) is 0.333. The van der Waals surface area contributed by atoms with Crippen molar-refractivity contribution in [2.45, 2.75) is 26.2 Å². The van der Waals surface area contributed by atoms with Crippen LogP contribution in [0.25, 0.3) is 11.3 Å². The van der Waals surface area contributed by atoms with Crippen molar-refractivity contribution in [2.24, 2.45) is 0 Å². The Morgan fingerprint density at radius 2 is 2.16 bits per heavy atom. The molecule has 0 aliphatic carbocycles. The Labute approximate surface area is 111 Å². The van der Waals surface area contributed by atoms with E-state index < -0.39 is 0 Å². The van der Waals surface area contributed by atoms with Crippen LogP contribution in [0.5, 0.6) is 5.75 Å². The molecule has 3 rings (SSSR count). The number of hydrogen-bond acceptors (Lipinski definition) is 3. The van der Waals surface area contributed by atoms with Crippen LogP contribution in [0, 0.1) is 0 Å². The summed E-state index contributed by atoms with van der Waals surface area (Å²) in [6.45, 7) is 4.76. The van der Waals surface area contributed by atoms with E-state index in [1.165, 1.54) is 5.56 Å². The van der Waals surface area contributed by atoms with Gasteiger partial charge >= 0.3 is 0 Å². The van der Waals surface area contributed by atoms with Gasteiger partial charge in [-0.25, -0.2) is 4.98 Å². The van der Waals surface area contributed by atoms with Gasteiger partial charge in [-0.05, 0) is 23.8 Å². The summed E-state index contributed by atoms with van der Waals surface area (Å²) in [4.78, 5) is 19.0. The minimum Gasteiger partial charge on any atom is -0.493 e. The van der Waals surface area contributed by atoms with Crippen LogP contribution in [0.3, 0.4) is 0 Å². The summed E-state index contributed by atoms with van der Waals surface area (Å²) in [7, 11) is 0. The van der Waals surface area contributed by atoms with Crippen LogP contribution < -0.4 is 10.3 Å². The predicted octanol–water partition coefficient (Wildman–Crippen LogP) is 2.50. The summed E-state index contributed by atoms with van der Waals surface area (Å²) < 4.78 is 5.49. The van der Waals surface area contributed by atoms with E-state index in [2.05, 4.69) is 16.0 Å². The van der Waals surface area contributed by atoms with Crippen LogP contribution >= 0.6 is 0 Å². The second-order valence-corrected chi connectivity index (χ2v) is 5.09. The van der Waals surface area contributed by atoms with Crippen molar-refractivity contribution in [3.8, 4) is 17.0 Å².